The van der Waals surface area contributed by atoms with E-state index in [2.05, 4.69) is 4.98 Å². The first-order valence-corrected chi connectivity index (χ1v) is 7.82. The Morgan fingerprint density at radius 1 is 1.26 bits per heavy atom. The second-order valence-corrected chi connectivity index (χ2v) is 5.61. The summed E-state index contributed by atoms with van der Waals surface area (Å²) in [5.41, 5.74) is 1.48. The Hall–Kier alpha value is -2.40. The summed E-state index contributed by atoms with van der Waals surface area (Å²) in [6.45, 7) is 1.13. The average molecular weight is 312 g/mol. The number of pyridine rings is 1. The van der Waals surface area contributed by atoms with E-state index in [1.807, 2.05) is 18.2 Å². The van der Waals surface area contributed by atoms with Gasteiger partial charge in [-0.1, -0.05) is 6.07 Å². The summed E-state index contributed by atoms with van der Waals surface area (Å²) >= 11 is 0. The van der Waals surface area contributed by atoms with Gasteiger partial charge >= 0.3 is 0 Å². The molecular weight excluding hydrogens is 292 g/mol. The lowest BCUT2D eigenvalue weighted by Gasteiger charge is -2.23. The van der Waals surface area contributed by atoms with Crippen LogP contribution in [0, 0.1) is 0 Å². The van der Waals surface area contributed by atoms with Crippen molar-refractivity contribution in [3.8, 4) is 5.75 Å². The number of hydrogen-bond donors (Lipinski definition) is 1. The predicted octanol–water partition coefficient (Wildman–Crippen LogP) is 2.26. The zero-order valence-corrected chi connectivity index (χ0v) is 12.9. The summed E-state index contributed by atoms with van der Waals surface area (Å²) < 4.78 is 5.67. The van der Waals surface area contributed by atoms with Crippen LogP contribution in [0.5, 0.6) is 5.75 Å². The van der Waals surface area contributed by atoms with E-state index >= 15 is 0 Å². The lowest BCUT2D eigenvalue weighted by atomic mass is 10.1. The monoisotopic (exact) mass is 312 g/mol. The first kappa shape index (κ1) is 15.5. The Kier molecular flexibility index (Phi) is 4.88. The Labute approximate surface area is 135 Å². The molecule has 0 radical (unpaired) electrons. The van der Waals surface area contributed by atoms with E-state index in [1.165, 1.54) is 0 Å². The highest BCUT2D eigenvalue weighted by molar-refractivity contribution is 5.94. The number of hydrogen-bond acceptors (Lipinski definition) is 4. The van der Waals surface area contributed by atoms with Crippen LogP contribution in [0.15, 0.2) is 48.7 Å². The van der Waals surface area contributed by atoms with Gasteiger partial charge in [-0.15, -0.1) is 0 Å². The highest BCUT2D eigenvalue weighted by Crippen LogP contribution is 2.21. The Morgan fingerprint density at radius 2 is 2.09 bits per heavy atom. The third-order valence-electron chi connectivity index (χ3n) is 4.06. The maximum atomic E-state index is 12.5. The molecule has 1 aromatic heterocycles. The first-order valence-electron chi connectivity index (χ1n) is 7.82. The second kappa shape index (κ2) is 7.24. The van der Waals surface area contributed by atoms with Crippen LogP contribution in [-0.2, 0) is 6.61 Å². The van der Waals surface area contributed by atoms with Crippen LogP contribution in [0.25, 0.3) is 0 Å². The zero-order valence-electron chi connectivity index (χ0n) is 12.9. The van der Waals surface area contributed by atoms with Crippen molar-refractivity contribution in [2.75, 3.05) is 13.2 Å². The number of aromatic nitrogens is 1. The van der Waals surface area contributed by atoms with Crippen LogP contribution >= 0.6 is 0 Å². The number of rotatable bonds is 5. The minimum absolute atomic E-state index is 0.0248. The van der Waals surface area contributed by atoms with Gasteiger partial charge in [0.25, 0.3) is 5.91 Å². The fourth-order valence-corrected chi connectivity index (χ4v) is 2.79. The molecule has 1 fully saturated rings. The van der Waals surface area contributed by atoms with Crippen LogP contribution in [0.1, 0.15) is 28.9 Å². The Balaban J connectivity index is 1.61. The Bertz CT molecular complexity index is 643. The third-order valence-corrected chi connectivity index (χ3v) is 4.06. The van der Waals surface area contributed by atoms with Crippen molar-refractivity contribution in [2.45, 2.75) is 25.5 Å². The standard InChI is InChI=1S/C18H20N2O3/c21-12-16-5-3-11-20(16)18(22)14-6-8-17(9-7-14)23-13-15-4-1-2-10-19-15/h1-2,4,6-10,16,21H,3,5,11-13H2/t16-/m1/s1. The molecule has 1 N–H and O–H groups in total. The SMILES string of the molecule is O=C(c1ccc(OCc2ccccn2)cc1)N1CCC[C@@H]1CO. The van der Waals surface area contributed by atoms with Gasteiger partial charge < -0.3 is 14.7 Å². The molecule has 5 heteroatoms. The van der Waals surface area contributed by atoms with E-state index in [0.717, 1.165) is 18.5 Å². The molecule has 0 aliphatic carbocycles. The van der Waals surface area contributed by atoms with Crippen molar-refractivity contribution in [3.63, 3.8) is 0 Å². The van der Waals surface area contributed by atoms with Gasteiger partial charge in [-0.3, -0.25) is 9.78 Å². The Morgan fingerprint density at radius 3 is 2.78 bits per heavy atom. The van der Waals surface area contributed by atoms with E-state index < -0.39 is 0 Å². The van der Waals surface area contributed by atoms with Crippen LogP contribution in [-0.4, -0.2) is 40.1 Å². The minimum Gasteiger partial charge on any atom is -0.487 e. The van der Waals surface area contributed by atoms with Crippen LogP contribution in [0.3, 0.4) is 0 Å². The summed E-state index contributed by atoms with van der Waals surface area (Å²) in [7, 11) is 0. The van der Waals surface area contributed by atoms with Crippen LogP contribution in [0.2, 0.25) is 0 Å². The number of aliphatic hydroxyl groups excluding tert-OH is 1. The molecule has 1 aromatic carbocycles. The maximum Gasteiger partial charge on any atom is 0.254 e. The topological polar surface area (TPSA) is 62.7 Å². The number of benzene rings is 1. The van der Waals surface area contributed by atoms with Crippen molar-refractivity contribution in [1.29, 1.82) is 0 Å². The molecule has 23 heavy (non-hydrogen) atoms. The number of carbonyl (C=O) groups excluding carboxylic acids is 1. The predicted molar refractivity (Wildman–Crippen MR) is 86.2 cm³/mol. The molecule has 0 spiro atoms. The molecule has 1 atom stereocenters. The summed E-state index contributed by atoms with van der Waals surface area (Å²) in [6, 6.07) is 12.7. The van der Waals surface area contributed by atoms with Gasteiger partial charge in [0.15, 0.2) is 0 Å². The van der Waals surface area contributed by atoms with Gasteiger partial charge in [-0.25, -0.2) is 0 Å². The van der Waals surface area contributed by atoms with E-state index in [4.69, 9.17) is 4.74 Å². The molecule has 120 valence electrons. The van der Waals surface area contributed by atoms with Crippen molar-refractivity contribution in [1.82, 2.24) is 9.88 Å². The lowest BCUT2D eigenvalue weighted by Crippen LogP contribution is -2.37. The fraction of sp³-hybridized carbons (Fsp3) is 0.333. The number of carbonyl (C=O) groups is 1. The molecule has 1 saturated heterocycles. The van der Waals surface area contributed by atoms with Gasteiger partial charge in [0.2, 0.25) is 0 Å². The molecule has 0 bridgehead atoms. The third kappa shape index (κ3) is 3.68. The highest BCUT2D eigenvalue weighted by Gasteiger charge is 2.28. The molecular formula is C18H20N2O3. The van der Waals surface area contributed by atoms with E-state index in [9.17, 15) is 9.90 Å². The number of nitrogens with zero attached hydrogens (tertiary/aromatic N) is 2. The van der Waals surface area contributed by atoms with Crippen molar-refractivity contribution >= 4 is 5.91 Å². The smallest absolute Gasteiger partial charge is 0.254 e. The summed E-state index contributed by atoms with van der Waals surface area (Å²) in [5.74, 6) is 0.671. The van der Waals surface area contributed by atoms with Crippen LogP contribution < -0.4 is 4.74 Å². The molecule has 1 amide bonds. The minimum atomic E-state index is -0.0532. The average Bonchev–Trinajstić information content (AvgIpc) is 3.09. The van der Waals surface area contributed by atoms with Gasteiger partial charge in [0, 0.05) is 18.3 Å². The van der Waals surface area contributed by atoms with Crippen molar-refractivity contribution in [2.24, 2.45) is 0 Å². The van der Waals surface area contributed by atoms with E-state index in [0.29, 0.717) is 24.5 Å². The molecule has 2 aromatic rings. The fourth-order valence-electron chi connectivity index (χ4n) is 2.79. The number of amides is 1. The van der Waals surface area contributed by atoms with Crippen molar-refractivity contribution < 1.29 is 14.6 Å². The van der Waals surface area contributed by atoms with Gasteiger partial charge in [0.05, 0.1) is 18.3 Å². The summed E-state index contributed by atoms with van der Waals surface area (Å²) in [4.78, 5) is 18.4. The van der Waals surface area contributed by atoms with Gasteiger partial charge in [-0.05, 0) is 49.2 Å². The quantitative estimate of drug-likeness (QED) is 0.920. The van der Waals surface area contributed by atoms with Gasteiger partial charge in [-0.2, -0.15) is 0 Å². The van der Waals surface area contributed by atoms with Crippen LogP contribution in [0.4, 0.5) is 0 Å². The van der Waals surface area contributed by atoms with E-state index in [-0.39, 0.29) is 18.6 Å². The maximum absolute atomic E-state index is 12.5. The molecule has 0 unspecified atom stereocenters. The number of likely N-dealkylation sites (tertiary alicyclic amines) is 1. The first-order chi connectivity index (χ1) is 11.3. The zero-order chi connectivity index (χ0) is 16.1. The molecule has 3 rings (SSSR count). The van der Waals surface area contributed by atoms with Crippen molar-refractivity contribution in [3.05, 3.63) is 59.9 Å². The highest BCUT2D eigenvalue weighted by atomic mass is 16.5. The second-order valence-electron chi connectivity index (χ2n) is 5.61. The molecule has 2 heterocycles. The number of ether oxygens (including phenoxy) is 1. The summed E-state index contributed by atoms with van der Waals surface area (Å²) in [6.07, 6.45) is 3.55. The van der Waals surface area contributed by atoms with Gasteiger partial charge in [0.1, 0.15) is 12.4 Å². The lowest BCUT2D eigenvalue weighted by molar-refractivity contribution is 0.0677. The molecule has 5 nitrogen and oxygen atoms in total. The molecule has 0 saturated carbocycles. The summed E-state index contributed by atoms with van der Waals surface area (Å²) in [5, 5.41) is 9.33. The van der Waals surface area contributed by atoms with E-state index in [1.54, 1.807) is 35.4 Å². The molecule has 1 aliphatic heterocycles. The molecule has 1 aliphatic rings. The largest absolute Gasteiger partial charge is 0.487 e. The normalized spacial score (nSPS) is 17.3. The number of aliphatic hydroxyl groups is 1.